The fraction of sp³-hybridized carbons (Fsp3) is 0.615. The van der Waals surface area contributed by atoms with E-state index in [1.165, 1.54) is 4.90 Å². The minimum Gasteiger partial charge on any atom is -0.481 e. The number of hydrogen-bond acceptors (Lipinski definition) is 4. The molecule has 0 aromatic heterocycles. The number of ether oxygens (including phenoxy) is 1. The minimum absolute atomic E-state index is 0.00415. The maximum absolute atomic E-state index is 11.7. The van der Waals surface area contributed by atoms with Crippen molar-refractivity contribution in [3.8, 4) is 0 Å². The summed E-state index contributed by atoms with van der Waals surface area (Å²) in [7, 11) is 0. The fourth-order valence-electron chi connectivity index (χ4n) is 1.84. The topological polar surface area (TPSA) is 83.9 Å². The van der Waals surface area contributed by atoms with Crippen molar-refractivity contribution in [2.45, 2.75) is 26.2 Å². The second kappa shape index (κ2) is 9.13. The van der Waals surface area contributed by atoms with Crippen molar-refractivity contribution in [2.75, 3.05) is 19.7 Å². The second-order valence-electron chi connectivity index (χ2n) is 4.00. The third kappa shape index (κ3) is 6.03. The van der Waals surface area contributed by atoms with Gasteiger partial charge in [-0.1, -0.05) is 0 Å². The zero-order valence-electron chi connectivity index (χ0n) is 11.3. The number of amides is 1. The van der Waals surface area contributed by atoms with Crippen LogP contribution in [0.25, 0.3) is 0 Å². The number of hydrogen-bond donors (Lipinski definition) is 1. The van der Waals surface area contributed by atoms with Crippen LogP contribution in [0.2, 0.25) is 0 Å². The Balaban J connectivity index is 0.00000154. The minimum atomic E-state index is -0.898. The molecular formula is C13H21NO5. The van der Waals surface area contributed by atoms with Crippen LogP contribution in [0.5, 0.6) is 0 Å². The van der Waals surface area contributed by atoms with Crippen LogP contribution in [-0.2, 0) is 14.3 Å². The summed E-state index contributed by atoms with van der Waals surface area (Å²) in [4.78, 5) is 34.8. The van der Waals surface area contributed by atoms with Crippen LogP contribution in [-0.4, -0.2) is 47.5 Å². The van der Waals surface area contributed by atoms with Gasteiger partial charge in [-0.2, -0.15) is 0 Å². The molecule has 1 heterocycles. The predicted octanol–water partition coefficient (Wildman–Crippen LogP) is 1.70. The largest absolute Gasteiger partial charge is 0.481 e. The molecule has 1 N–H and O–H groups in total. The van der Waals surface area contributed by atoms with E-state index in [2.05, 4.69) is 13.2 Å². The summed E-state index contributed by atoms with van der Waals surface area (Å²) < 4.78 is 4.80. The van der Waals surface area contributed by atoms with E-state index in [1.807, 2.05) is 0 Å². The average molecular weight is 271 g/mol. The summed E-state index contributed by atoms with van der Waals surface area (Å²) in [6.07, 6.45) is 0.392. The predicted molar refractivity (Wildman–Crippen MR) is 69.8 cm³/mol. The first-order valence-corrected chi connectivity index (χ1v) is 6.20. The monoisotopic (exact) mass is 271 g/mol. The van der Waals surface area contributed by atoms with Crippen molar-refractivity contribution in [3.63, 3.8) is 0 Å². The molecule has 1 fully saturated rings. The van der Waals surface area contributed by atoms with Gasteiger partial charge in [-0.25, -0.2) is 4.79 Å². The van der Waals surface area contributed by atoms with Crippen LogP contribution in [0.1, 0.15) is 26.2 Å². The molecule has 6 heteroatoms. The third-order valence-electron chi connectivity index (χ3n) is 2.78. The molecule has 0 bridgehead atoms. The van der Waals surface area contributed by atoms with Crippen molar-refractivity contribution in [2.24, 2.45) is 5.92 Å². The van der Waals surface area contributed by atoms with Gasteiger partial charge in [0.05, 0.1) is 13.2 Å². The molecule has 1 aliphatic rings. The second-order valence-corrected chi connectivity index (χ2v) is 4.00. The van der Waals surface area contributed by atoms with E-state index in [-0.39, 0.29) is 31.3 Å². The average Bonchev–Trinajstić information content (AvgIpc) is 2.39. The summed E-state index contributed by atoms with van der Waals surface area (Å²) in [5.74, 6) is -1.21. The molecule has 1 unspecified atom stereocenters. The van der Waals surface area contributed by atoms with Gasteiger partial charge in [0.25, 0.3) is 0 Å². The van der Waals surface area contributed by atoms with Gasteiger partial charge in [0.15, 0.2) is 5.78 Å². The Hall–Kier alpha value is -1.85. The standard InChI is InChI=1S/C11H17NO5.C2H4/c1-2-17-11(16)12-6-5-8(9(13)7-12)3-4-10(14)15;1-2/h8H,2-7H2,1H3,(H,14,15);1-2H2. The maximum atomic E-state index is 11.7. The van der Waals surface area contributed by atoms with Crippen LogP contribution < -0.4 is 0 Å². The van der Waals surface area contributed by atoms with Crippen molar-refractivity contribution in [1.29, 1.82) is 0 Å². The number of nitrogens with zero attached hydrogens (tertiary/aromatic N) is 1. The fourth-order valence-corrected chi connectivity index (χ4v) is 1.84. The van der Waals surface area contributed by atoms with Crippen LogP contribution in [0.3, 0.4) is 0 Å². The lowest BCUT2D eigenvalue weighted by Gasteiger charge is -2.29. The van der Waals surface area contributed by atoms with Gasteiger partial charge in [-0.3, -0.25) is 9.59 Å². The Morgan fingerprint density at radius 1 is 1.47 bits per heavy atom. The smallest absolute Gasteiger partial charge is 0.410 e. The quantitative estimate of drug-likeness (QED) is 0.787. The lowest BCUT2D eigenvalue weighted by atomic mass is 9.91. The highest BCUT2D eigenvalue weighted by Gasteiger charge is 2.30. The van der Waals surface area contributed by atoms with E-state index in [0.29, 0.717) is 19.4 Å². The first kappa shape index (κ1) is 17.2. The Labute approximate surface area is 113 Å². The molecule has 1 amide bonds. The van der Waals surface area contributed by atoms with Gasteiger partial charge < -0.3 is 14.7 Å². The number of carbonyl (C=O) groups is 3. The lowest BCUT2D eigenvalue weighted by Crippen LogP contribution is -2.44. The lowest BCUT2D eigenvalue weighted by molar-refractivity contribution is -0.137. The highest BCUT2D eigenvalue weighted by atomic mass is 16.6. The highest BCUT2D eigenvalue weighted by molar-refractivity contribution is 5.87. The number of likely N-dealkylation sites (tertiary alicyclic amines) is 1. The van der Waals surface area contributed by atoms with Crippen LogP contribution in [0.4, 0.5) is 4.79 Å². The molecule has 1 aliphatic heterocycles. The van der Waals surface area contributed by atoms with E-state index in [0.717, 1.165) is 0 Å². The van der Waals surface area contributed by atoms with Gasteiger partial charge >= 0.3 is 12.1 Å². The Morgan fingerprint density at radius 3 is 2.58 bits per heavy atom. The van der Waals surface area contributed by atoms with Gasteiger partial charge in [0.2, 0.25) is 0 Å². The Morgan fingerprint density at radius 2 is 2.11 bits per heavy atom. The summed E-state index contributed by atoms with van der Waals surface area (Å²) in [5.41, 5.74) is 0. The molecule has 6 nitrogen and oxygen atoms in total. The zero-order chi connectivity index (χ0) is 14.8. The summed E-state index contributed by atoms with van der Waals surface area (Å²) >= 11 is 0. The Bertz CT molecular complexity index is 329. The summed E-state index contributed by atoms with van der Waals surface area (Å²) in [6, 6.07) is 0. The third-order valence-corrected chi connectivity index (χ3v) is 2.78. The van der Waals surface area contributed by atoms with Crippen molar-refractivity contribution >= 4 is 17.8 Å². The summed E-state index contributed by atoms with van der Waals surface area (Å²) in [5, 5.41) is 8.54. The molecule has 108 valence electrons. The molecule has 0 aromatic rings. The first-order chi connectivity index (χ1) is 9.04. The van der Waals surface area contributed by atoms with E-state index in [4.69, 9.17) is 9.84 Å². The number of ketones is 1. The van der Waals surface area contributed by atoms with Gasteiger partial charge in [0, 0.05) is 18.9 Å². The molecule has 0 aromatic carbocycles. The van der Waals surface area contributed by atoms with Crippen LogP contribution >= 0.6 is 0 Å². The number of carboxylic acid groups (broad SMARTS) is 1. The highest BCUT2D eigenvalue weighted by Crippen LogP contribution is 2.19. The number of rotatable bonds is 4. The number of piperidine rings is 1. The van der Waals surface area contributed by atoms with Crippen molar-refractivity contribution in [3.05, 3.63) is 13.2 Å². The van der Waals surface area contributed by atoms with Crippen LogP contribution in [0, 0.1) is 5.92 Å². The number of carbonyl (C=O) groups excluding carboxylic acids is 2. The maximum Gasteiger partial charge on any atom is 0.410 e. The van der Waals surface area contributed by atoms with Gasteiger partial charge in [-0.05, 0) is 19.8 Å². The molecule has 0 saturated carbocycles. The van der Waals surface area contributed by atoms with E-state index >= 15 is 0 Å². The van der Waals surface area contributed by atoms with Crippen molar-refractivity contribution < 1.29 is 24.2 Å². The molecule has 0 aliphatic carbocycles. The van der Waals surface area contributed by atoms with E-state index < -0.39 is 12.1 Å². The van der Waals surface area contributed by atoms with Gasteiger partial charge in [0.1, 0.15) is 0 Å². The first-order valence-electron chi connectivity index (χ1n) is 6.20. The van der Waals surface area contributed by atoms with Crippen LogP contribution in [0.15, 0.2) is 13.2 Å². The van der Waals surface area contributed by atoms with E-state index in [9.17, 15) is 14.4 Å². The molecule has 1 rings (SSSR count). The van der Waals surface area contributed by atoms with Crippen molar-refractivity contribution in [1.82, 2.24) is 4.90 Å². The molecule has 1 saturated heterocycles. The molecule has 1 atom stereocenters. The molecule has 19 heavy (non-hydrogen) atoms. The normalized spacial score (nSPS) is 18.3. The molecular weight excluding hydrogens is 250 g/mol. The summed E-state index contributed by atoms with van der Waals surface area (Å²) in [6.45, 7) is 8.48. The number of Topliss-reactive ketones (excluding diaryl/α,β-unsaturated/α-hetero) is 1. The molecule has 0 radical (unpaired) electrons. The van der Waals surface area contributed by atoms with E-state index in [1.54, 1.807) is 6.92 Å². The zero-order valence-corrected chi connectivity index (χ0v) is 11.3. The van der Waals surface area contributed by atoms with Gasteiger partial charge in [-0.15, -0.1) is 13.2 Å². The number of aliphatic carboxylic acids is 1. The molecule has 0 spiro atoms. The Kier molecular flexibility index (Phi) is 8.24. The SMILES string of the molecule is C=C.CCOC(=O)N1CCC(CCC(=O)O)C(=O)C1. The number of carboxylic acids is 1.